The Balaban J connectivity index is 1.88. The molecule has 5 heteroatoms. The number of ketones is 1. The third-order valence-corrected chi connectivity index (χ3v) is 3.15. The molecule has 0 aliphatic heterocycles. The van der Waals surface area contributed by atoms with Crippen LogP contribution in [0.25, 0.3) is 0 Å². The van der Waals surface area contributed by atoms with Gasteiger partial charge in [0, 0.05) is 12.6 Å². The zero-order valence-electron chi connectivity index (χ0n) is 10.7. The summed E-state index contributed by atoms with van der Waals surface area (Å²) >= 11 is 0. The lowest BCUT2D eigenvalue weighted by molar-refractivity contribution is 0.103. The molecule has 1 aliphatic rings. The molecule has 0 amide bonds. The van der Waals surface area contributed by atoms with E-state index in [-0.39, 0.29) is 5.78 Å². The highest BCUT2D eigenvalue weighted by molar-refractivity contribution is 6.11. The quantitative estimate of drug-likeness (QED) is 0.847. The van der Waals surface area contributed by atoms with Crippen molar-refractivity contribution in [2.24, 2.45) is 7.05 Å². The minimum absolute atomic E-state index is 0.133. The first-order valence-corrected chi connectivity index (χ1v) is 6.24. The van der Waals surface area contributed by atoms with Crippen LogP contribution < -0.4 is 10.5 Å². The molecule has 1 fully saturated rings. The summed E-state index contributed by atoms with van der Waals surface area (Å²) in [5.74, 6) is 0.973. The van der Waals surface area contributed by atoms with Gasteiger partial charge >= 0.3 is 0 Å². The third-order valence-electron chi connectivity index (χ3n) is 3.15. The lowest BCUT2D eigenvalue weighted by Crippen LogP contribution is -2.06. The van der Waals surface area contributed by atoms with Gasteiger partial charge in [0.25, 0.3) is 0 Å². The maximum atomic E-state index is 12.3. The van der Waals surface area contributed by atoms with Gasteiger partial charge in [-0.2, -0.15) is 5.10 Å². The number of aromatic nitrogens is 2. The average molecular weight is 257 g/mol. The molecular weight excluding hydrogens is 242 g/mol. The Morgan fingerprint density at radius 1 is 1.47 bits per heavy atom. The molecule has 19 heavy (non-hydrogen) atoms. The molecule has 0 spiro atoms. The van der Waals surface area contributed by atoms with E-state index in [1.54, 1.807) is 19.2 Å². The van der Waals surface area contributed by atoms with Crippen molar-refractivity contribution in [1.29, 1.82) is 0 Å². The highest BCUT2D eigenvalue weighted by Crippen LogP contribution is 2.27. The number of rotatable bonds is 4. The Hall–Kier alpha value is -2.30. The molecule has 0 saturated heterocycles. The van der Waals surface area contributed by atoms with Gasteiger partial charge in [-0.25, -0.2) is 0 Å². The number of nitrogen functional groups attached to an aromatic ring is 1. The van der Waals surface area contributed by atoms with Gasteiger partial charge in [-0.05, 0) is 25.0 Å². The van der Waals surface area contributed by atoms with Gasteiger partial charge in [0.05, 0.1) is 17.9 Å². The molecule has 2 N–H and O–H groups in total. The highest BCUT2D eigenvalue weighted by Gasteiger charge is 2.24. The second kappa shape index (κ2) is 4.42. The van der Waals surface area contributed by atoms with Gasteiger partial charge in [-0.1, -0.05) is 12.1 Å². The Bertz CT molecular complexity index is 629. The van der Waals surface area contributed by atoms with E-state index in [2.05, 4.69) is 5.10 Å². The normalized spacial score (nSPS) is 14.4. The van der Waals surface area contributed by atoms with Crippen LogP contribution in [-0.4, -0.2) is 21.7 Å². The Labute approximate surface area is 111 Å². The second-order valence-electron chi connectivity index (χ2n) is 4.74. The zero-order valence-corrected chi connectivity index (χ0v) is 10.7. The smallest absolute Gasteiger partial charge is 0.198 e. The number of carbonyl (C=O) groups is 1. The van der Waals surface area contributed by atoms with E-state index < -0.39 is 0 Å². The fourth-order valence-corrected chi connectivity index (χ4v) is 1.87. The summed E-state index contributed by atoms with van der Waals surface area (Å²) in [6, 6.07) is 7.20. The monoisotopic (exact) mass is 257 g/mol. The van der Waals surface area contributed by atoms with Crippen LogP contribution in [0.1, 0.15) is 28.8 Å². The van der Waals surface area contributed by atoms with Crippen LogP contribution in [-0.2, 0) is 7.05 Å². The summed E-state index contributed by atoms with van der Waals surface area (Å²) in [5.41, 5.74) is 6.81. The minimum atomic E-state index is -0.133. The number of nitrogens with two attached hydrogens (primary N) is 1. The number of carbonyl (C=O) groups excluding carboxylic acids is 1. The third kappa shape index (κ3) is 2.31. The van der Waals surface area contributed by atoms with Crippen molar-refractivity contribution in [2.45, 2.75) is 18.9 Å². The first kappa shape index (κ1) is 11.8. The Morgan fingerprint density at radius 3 is 2.89 bits per heavy atom. The molecule has 2 aromatic rings. The molecule has 0 bridgehead atoms. The fraction of sp³-hybridized carbons (Fsp3) is 0.286. The summed E-state index contributed by atoms with van der Waals surface area (Å²) in [6.07, 6.45) is 3.99. The second-order valence-corrected chi connectivity index (χ2v) is 4.74. The van der Waals surface area contributed by atoms with Crippen molar-refractivity contribution < 1.29 is 9.53 Å². The van der Waals surface area contributed by atoms with Crippen LogP contribution in [0, 0.1) is 0 Å². The van der Waals surface area contributed by atoms with Crippen molar-refractivity contribution in [1.82, 2.24) is 9.78 Å². The summed E-state index contributed by atoms with van der Waals surface area (Å²) in [6.45, 7) is 0. The molecular formula is C14H15N3O2. The molecule has 0 unspecified atom stereocenters. The molecule has 1 heterocycles. The Kier molecular flexibility index (Phi) is 2.74. The average Bonchev–Trinajstić information content (AvgIpc) is 3.16. The van der Waals surface area contributed by atoms with Gasteiger partial charge in [0.1, 0.15) is 11.6 Å². The Morgan fingerprint density at radius 2 is 2.26 bits per heavy atom. The van der Waals surface area contributed by atoms with Gasteiger partial charge in [0.2, 0.25) is 0 Å². The van der Waals surface area contributed by atoms with E-state index in [0.717, 1.165) is 18.6 Å². The minimum Gasteiger partial charge on any atom is -0.490 e. The molecule has 0 radical (unpaired) electrons. The molecule has 3 rings (SSSR count). The molecule has 1 saturated carbocycles. The van der Waals surface area contributed by atoms with Crippen LogP contribution >= 0.6 is 0 Å². The van der Waals surface area contributed by atoms with Crippen molar-refractivity contribution >= 4 is 11.6 Å². The predicted octanol–water partition coefficient (Wildman–Crippen LogP) is 1.77. The molecule has 5 nitrogen and oxygen atoms in total. The van der Waals surface area contributed by atoms with E-state index in [9.17, 15) is 4.79 Å². The van der Waals surface area contributed by atoms with Crippen LogP contribution in [0.15, 0.2) is 30.5 Å². The van der Waals surface area contributed by atoms with E-state index in [4.69, 9.17) is 10.5 Å². The lowest BCUT2D eigenvalue weighted by atomic mass is 10.1. The largest absolute Gasteiger partial charge is 0.490 e. The molecule has 0 atom stereocenters. The topological polar surface area (TPSA) is 70.1 Å². The summed E-state index contributed by atoms with van der Waals surface area (Å²) in [5, 5.41) is 3.98. The summed E-state index contributed by atoms with van der Waals surface area (Å²) < 4.78 is 7.17. The zero-order chi connectivity index (χ0) is 13.4. The lowest BCUT2D eigenvalue weighted by Gasteiger charge is -2.06. The van der Waals surface area contributed by atoms with Gasteiger partial charge in [-0.3, -0.25) is 9.48 Å². The maximum absolute atomic E-state index is 12.3. The number of benzene rings is 1. The van der Waals surface area contributed by atoms with Crippen molar-refractivity contribution in [3.8, 4) is 5.75 Å². The fourth-order valence-electron chi connectivity index (χ4n) is 1.87. The van der Waals surface area contributed by atoms with Gasteiger partial charge in [0.15, 0.2) is 5.78 Å². The summed E-state index contributed by atoms with van der Waals surface area (Å²) in [4.78, 5) is 12.3. The number of ether oxygens (including phenoxy) is 1. The number of hydrogen-bond acceptors (Lipinski definition) is 4. The van der Waals surface area contributed by atoms with E-state index in [0.29, 0.717) is 23.0 Å². The van der Waals surface area contributed by atoms with Crippen molar-refractivity contribution in [2.75, 3.05) is 5.73 Å². The van der Waals surface area contributed by atoms with Gasteiger partial charge < -0.3 is 10.5 Å². The summed E-state index contributed by atoms with van der Waals surface area (Å²) in [7, 11) is 1.71. The predicted molar refractivity (Wildman–Crippen MR) is 71.1 cm³/mol. The first-order chi connectivity index (χ1) is 9.15. The number of aryl methyl sites for hydroxylation is 1. The molecule has 98 valence electrons. The van der Waals surface area contributed by atoms with E-state index in [1.165, 1.54) is 10.9 Å². The first-order valence-electron chi connectivity index (χ1n) is 6.24. The number of nitrogens with zero attached hydrogens (tertiary/aromatic N) is 2. The van der Waals surface area contributed by atoms with Crippen LogP contribution in [0.2, 0.25) is 0 Å². The molecule has 1 aromatic carbocycles. The van der Waals surface area contributed by atoms with Crippen LogP contribution in [0.3, 0.4) is 0 Å². The van der Waals surface area contributed by atoms with Crippen molar-refractivity contribution in [3.63, 3.8) is 0 Å². The van der Waals surface area contributed by atoms with Gasteiger partial charge in [-0.15, -0.1) is 0 Å². The standard InChI is InChI=1S/C14H15N3O2/c1-17-14(15)12(8-16-17)13(18)9-3-2-4-11(7-9)19-10-5-6-10/h2-4,7-8,10H,5-6,15H2,1H3. The highest BCUT2D eigenvalue weighted by atomic mass is 16.5. The number of anilines is 1. The van der Waals surface area contributed by atoms with E-state index in [1.807, 2.05) is 12.1 Å². The van der Waals surface area contributed by atoms with Crippen molar-refractivity contribution in [3.05, 3.63) is 41.6 Å². The van der Waals surface area contributed by atoms with E-state index >= 15 is 0 Å². The maximum Gasteiger partial charge on any atom is 0.198 e. The number of hydrogen-bond donors (Lipinski definition) is 1. The van der Waals surface area contributed by atoms with Crippen LogP contribution in [0.4, 0.5) is 5.82 Å². The van der Waals surface area contributed by atoms with Crippen LogP contribution in [0.5, 0.6) is 5.75 Å². The molecule has 1 aromatic heterocycles. The SMILES string of the molecule is Cn1ncc(C(=O)c2cccc(OC3CC3)c2)c1N. The molecule has 1 aliphatic carbocycles.